The molecule has 0 aromatic heterocycles. The van der Waals surface area contributed by atoms with E-state index in [1.165, 1.54) is 5.56 Å². The fourth-order valence-electron chi connectivity index (χ4n) is 4.29. The van der Waals surface area contributed by atoms with Crippen molar-refractivity contribution in [3.8, 4) is 0 Å². The molecule has 1 unspecified atom stereocenters. The van der Waals surface area contributed by atoms with Crippen molar-refractivity contribution in [2.75, 3.05) is 6.54 Å². The molecule has 5 heteroatoms. The van der Waals surface area contributed by atoms with Crippen LogP contribution in [0.2, 0.25) is 0 Å². The number of nitrogens with zero attached hydrogens (tertiary/aromatic N) is 1. The first-order valence-electron chi connectivity index (χ1n) is 9.58. The Bertz CT molecular complexity index is 891. The van der Waals surface area contributed by atoms with Crippen molar-refractivity contribution in [3.63, 3.8) is 0 Å². The van der Waals surface area contributed by atoms with E-state index in [2.05, 4.69) is 35.2 Å². The van der Waals surface area contributed by atoms with Gasteiger partial charge in [0.25, 0.3) is 0 Å². The van der Waals surface area contributed by atoms with Crippen LogP contribution < -0.4 is 9.05 Å². The van der Waals surface area contributed by atoms with Gasteiger partial charge in [-0.1, -0.05) is 0 Å². The first-order valence-corrected chi connectivity index (χ1v) is 14.8. The third-order valence-corrected chi connectivity index (χ3v) is 13.5. The molecule has 2 aromatic carbocycles. The Morgan fingerprint density at radius 1 is 1.15 bits per heavy atom. The van der Waals surface area contributed by atoms with Crippen LogP contribution in [0.5, 0.6) is 0 Å². The summed E-state index contributed by atoms with van der Waals surface area (Å²) in [5.74, 6) is 0. The molecule has 2 aliphatic rings. The summed E-state index contributed by atoms with van der Waals surface area (Å²) in [5, 5.41) is 0. The summed E-state index contributed by atoms with van der Waals surface area (Å²) in [6, 6.07) is 16.4. The number of carbonyl (C=O) groups excluding carboxylic acids is 2. The second-order valence-corrected chi connectivity index (χ2v) is 14.2. The van der Waals surface area contributed by atoms with Crippen LogP contribution in [0.15, 0.2) is 52.4 Å². The van der Waals surface area contributed by atoms with Crippen molar-refractivity contribution in [2.45, 2.75) is 31.8 Å². The Morgan fingerprint density at radius 2 is 1.93 bits per heavy atom. The van der Waals surface area contributed by atoms with Gasteiger partial charge in [-0.05, 0) is 0 Å². The second kappa shape index (κ2) is 8.03. The molecule has 1 fully saturated rings. The van der Waals surface area contributed by atoms with Gasteiger partial charge in [0, 0.05) is 0 Å². The van der Waals surface area contributed by atoms with Crippen LogP contribution in [-0.2, 0) is 11.3 Å². The van der Waals surface area contributed by atoms with E-state index < -0.39 is 21.4 Å². The molecule has 1 atom stereocenters. The molecule has 0 radical (unpaired) electrons. The molecule has 2 heterocycles. The molecule has 0 bridgehead atoms. The van der Waals surface area contributed by atoms with Crippen LogP contribution in [0.25, 0.3) is 5.57 Å². The molecular weight excluding hydrogens is 439 g/mol. The van der Waals surface area contributed by atoms with Gasteiger partial charge in [-0.15, -0.1) is 0 Å². The summed E-state index contributed by atoms with van der Waals surface area (Å²) >= 11 is -2.87. The van der Waals surface area contributed by atoms with Crippen LogP contribution in [0, 0.1) is 0 Å². The summed E-state index contributed by atoms with van der Waals surface area (Å²) in [4.78, 5) is 27.2. The van der Waals surface area contributed by atoms with Gasteiger partial charge in [0.05, 0.1) is 0 Å². The molecule has 27 heavy (non-hydrogen) atoms. The average Bonchev–Trinajstić information content (AvgIpc) is 3.12. The number of amides is 1. The third kappa shape index (κ3) is 3.50. The van der Waals surface area contributed by atoms with E-state index in [9.17, 15) is 9.59 Å². The first kappa shape index (κ1) is 18.5. The third-order valence-electron chi connectivity index (χ3n) is 5.73. The van der Waals surface area contributed by atoms with E-state index in [1.54, 1.807) is 0 Å². The van der Waals surface area contributed by atoms with E-state index >= 15 is 0 Å². The molecule has 2 N–H and O–H groups in total. The Kier molecular flexibility index (Phi) is 5.50. The molecule has 2 aromatic rings. The van der Waals surface area contributed by atoms with Gasteiger partial charge >= 0.3 is 168 Å². The monoisotopic (exact) mass is 462 g/mol. The Balaban J connectivity index is 1.65. The van der Waals surface area contributed by atoms with Crippen LogP contribution in [-0.4, -0.2) is 42.8 Å². The number of aldehydes is 1. The quantitative estimate of drug-likeness (QED) is 0.712. The van der Waals surface area contributed by atoms with Gasteiger partial charge in [0.1, 0.15) is 0 Å². The van der Waals surface area contributed by atoms with Gasteiger partial charge in [0.15, 0.2) is 0 Å². The number of nitrogens with two attached hydrogens (primary N) is 1. The zero-order valence-corrected chi connectivity index (χ0v) is 18.6. The molecular formula is C22H23InN2O2. The van der Waals surface area contributed by atoms with Crippen molar-refractivity contribution in [2.24, 2.45) is 5.73 Å². The van der Waals surface area contributed by atoms with Gasteiger partial charge < -0.3 is 0 Å². The Labute approximate surface area is 167 Å². The van der Waals surface area contributed by atoms with Crippen LogP contribution >= 0.6 is 0 Å². The predicted molar refractivity (Wildman–Crippen MR) is 109 cm³/mol. The minimum absolute atomic E-state index is 0.135. The van der Waals surface area contributed by atoms with Crippen LogP contribution in [0.3, 0.4) is 0 Å². The molecule has 1 saturated heterocycles. The maximum absolute atomic E-state index is 13.6. The second-order valence-electron chi connectivity index (χ2n) is 7.29. The summed E-state index contributed by atoms with van der Waals surface area (Å²) in [7, 11) is 0. The summed E-state index contributed by atoms with van der Waals surface area (Å²) in [6.07, 6.45) is 4.09. The minimum atomic E-state index is -2.87. The van der Waals surface area contributed by atoms with Crippen molar-refractivity contribution < 1.29 is 9.59 Å². The zero-order valence-electron chi connectivity index (χ0n) is 15.3. The standard InChI is InChI=1S/C13H17N2O.C9H6O.In/c14-9-11-4-6-12(7-5-11)13-3-1-2-8-15(13)10-16;1-8(7-10)9-5-3-2-4-6-9;/h4-7,13H,1-3,8-9,14H2;1-5,7H;. The SMILES string of the molecule is NCc1ccc(C2CCCCN2[C](=O)[In]2[CH]=C(C=O)c3cccc[c]32)cc1. The molecule has 0 saturated carbocycles. The van der Waals surface area contributed by atoms with E-state index in [4.69, 9.17) is 5.73 Å². The predicted octanol–water partition coefficient (Wildman–Crippen LogP) is 2.91. The number of benzene rings is 2. The van der Waals surface area contributed by atoms with E-state index in [0.29, 0.717) is 15.8 Å². The number of rotatable bonds is 4. The molecule has 136 valence electrons. The number of carbonyl (C=O) groups is 2. The van der Waals surface area contributed by atoms with Gasteiger partial charge in [-0.2, -0.15) is 0 Å². The van der Waals surface area contributed by atoms with Gasteiger partial charge in [0.2, 0.25) is 0 Å². The van der Waals surface area contributed by atoms with Gasteiger partial charge in [-0.25, -0.2) is 0 Å². The van der Waals surface area contributed by atoms with Crippen molar-refractivity contribution >= 4 is 40.3 Å². The zero-order chi connectivity index (χ0) is 18.8. The summed E-state index contributed by atoms with van der Waals surface area (Å²) in [5.41, 5.74) is 9.70. The van der Waals surface area contributed by atoms with E-state index in [-0.39, 0.29) is 6.04 Å². The normalized spacial score (nSPS) is 18.9. The number of piperidine rings is 1. The number of likely N-dealkylation sites (tertiary alicyclic amines) is 1. The Hall–Kier alpha value is -1.85. The van der Waals surface area contributed by atoms with Crippen molar-refractivity contribution in [3.05, 3.63) is 69.1 Å². The molecule has 0 spiro atoms. The van der Waals surface area contributed by atoms with E-state index in [1.807, 2.05) is 22.0 Å². The number of hydrogen-bond acceptors (Lipinski definition) is 3. The van der Waals surface area contributed by atoms with Crippen molar-refractivity contribution in [1.29, 1.82) is 0 Å². The average molecular weight is 462 g/mol. The summed E-state index contributed by atoms with van der Waals surface area (Å²) in [6.45, 7) is 1.34. The number of hydrogen-bond donors (Lipinski definition) is 1. The molecule has 4 rings (SSSR count). The molecule has 2 aliphatic heterocycles. The van der Waals surface area contributed by atoms with Crippen LogP contribution in [0.1, 0.15) is 42.0 Å². The first-order chi connectivity index (χ1) is 13.2. The number of fused-ring (bicyclic) bond motifs is 1. The molecule has 4 nitrogen and oxygen atoms in total. The molecule has 1 amide bonds. The maximum atomic E-state index is 13.6. The fourth-order valence-corrected chi connectivity index (χ4v) is 12.3. The number of allylic oxidation sites excluding steroid dienone is 1. The summed E-state index contributed by atoms with van der Waals surface area (Å²) < 4.78 is 3.48. The van der Waals surface area contributed by atoms with Crippen molar-refractivity contribution in [1.82, 2.24) is 4.90 Å². The topological polar surface area (TPSA) is 63.4 Å². The Morgan fingerprint density at radius 3 is 2.67 bits per heavy atom. The molecule has 0 aliphatic carbocycles. The van der Waals surface area contributed by atoms with E-state index in [0.717, 1.165) is 46.5 Å². The fraction of sp³-hybridized carbons (Fsp3) is 0.273. The van der Waals surface area contributed by atoms with Gasteiger partial charge in [-0.3, -0.25) is 0 Å². The van der Waals surface area contributed by atoms with Crippen LogP contribution in [0.4, 0.5) is 4.79 Å².